The highest BCUT2D eigenvalue weighted by molar-refractivity contribution is 7.86. The first-order valence-corrected chi connectivity index (χ1v) is 12.5. The Balaban J connectivity index is 1.47. The molecule has 0 aromatic rings. The highest BCUT2D eigenvalue weighted by atomic mass is 32.2. The van der Waals surface area contributed by atoms with Crippen molar-refractivity contribution < 1.29 is 13.2 Å². The number of likely N-dealkylation sites (tertiary alicyclic amines) is 1. The van der Waals surface area contributed by atoms with Gasteiger partial charge in [0.15, 0.2) is 0 Å². The minimum absolute atomic E-state index is 0.0155. The molecule has 0 saturated carbocycles. The maximum absolute atomic E-state index is 13.1. The quantitative estimate of drug-likeness (QED) is 0.641. The average molecular weight is 415 g/mol. The molecule has 3 fully saturated rings. The van der Waals surface area contributed by atoms with E-state index in [-0.39, 0.29) is 11.8 Å². The summed E-state index contributed by atoms with van der Waals surface area (Å²) in [6.07, 6.45) is 6.14. The maximum atomic E-state index is 13.1. The lowest BCUT2D eigenvalue weighted by atomic mass is 9.94. The molecule has 3 aliphatic rings. The van der Waals surface area contributed by atoms with Crippen LogP contribution in [0.4, 0.5) is 0 Å². The molecule has 3 heterocycles. The van der Waals surface area contributed by atoms with Crippen molar-refractivity contribution in [1.29, 1.82) is 0 Å². The first kappa shape index (κ1) is 22.0. The van der Waals surface area contributed by atoms with Crippen molar-refractivity contribution in [2.45, 2.75) is 52.4 Å². The highest BCUT2D eigenvalue weighted by Gasteiger charge is 2.38. The van der Waals surface area contributed by atoms with E-state index in [1.54, 1.807) is 8.61 Å². The zero-order chi connectivity index (χ0) is 20.1. The predicted molar refractivity (Wildman–Crippen MR) is 111 cm³/mol. The Morgan fingerprint density at radius 3 is 2.32 bits per heavy atom. The van der Waals surface area contributed by atoms with Crippen molar-refractivity contribution >= 4 is 16.1 Å². The summed E-state index contributed by atoms with van der Waals surface area (Å²) < 4.78 is 29.4. The molecule has 3 rings (SSSR count). The molecule has 3 saturated heterocycles. The molecule has 3 atom stereocenters. The lowest BCUT2D eigenvalue weighted by Crippen LogP contribution is -2.53. The summed E-state index contributed by atoms with van der Waals surface area (Å²) in [5.74, 6) is 0.563. The van der Waals surface area contributed by atoms with E-state index in [0.717, 1.165) is 32.2 Å². The molecular weight excluding hydrogens is 376 g/mol. The van der Waals surface area contributed by atoms with Crippen LogP contribution in [-0.2, 0) is 15.0 Å². The van der Waals surface area contributed by atoms with Gasteiger partial charge in [0.2, 0.25) is 5.91 Å². The smallest absolute Gasteiger partial charge is 0.282 e. The number of piperidine rings is 2. The molecule has 8 heteroatoms. The number of hydrogen-bond donors (Lipinski definition) is 1. The van der Waals surface area contributed by atoms with Gasteiger partial charge in [0.25, 0.3) is 10.2 Å². The Bertz CT molecular complexity index is 611. The van der Waals surface area contributed by atoms with Crippen molar-refractivity contribution in [2.24, 2.45) is 17.8 Å². The fourth-order valence-corrected chi connectivity index (χ4v) is 6.93. The summed E-state index contributed by atoms with van der Waals surface area (Å²) in [4.78, 5) is 15.0. The number of hydrogen-bond acceptors (Lipinski definition) is 4. The molecule has 1 amide bonds. The minimum Gasteiger partial charge on any atom is -0.356 e. The van der Waals surface area contributed by atoms with Crippen LogP contribution in [0.5, 0.6) is 0 Å². The number of carbonyl (C=O) groups excluding carboxylic acids is 1. The number of carbonyl (C=O) groups is 1. The van der Waals surface area contributed by atoms with E-state index < -0.39 is 10.2 Å². The van der Waals surface area contributed by atoms with E-state index in [9.17, 15) is 13.2 Å². The monoisotopic (exact) mass is 414 g/mol. The lowest BCUT2D eigenvalue weighted by Gasteiger charge is -2.39. The van der Waals surface area contributed by atoms with Crippen LogP contribution >= 0.6 is 0 Å². The fourth-order valence-electron chi connectivity index (χ4n) is 4.99. The third-order valence-corrected chi connectivity index (χ3v) is 8.33. The van der Waals surface area contributed by atoms with Crippen LogP contribution in [0, 0.1) is 17.8 Å². The number of rotatable bonds is 7. The standard InChI is InChI=1S/C20H38N4O3S/c1-17-13-18(2)15-24(14-17)28(26,27)23-12-5-7-19(16-23)20(25)21-8-6-11-22-9-3-4-10-22/h17-19H,3-16H2,1-2H3,(H,21,25)/t17-,18-,19-/m0/s1. The van der Waals surface area contributed by atoms with Crippen LogP contribution in [0.25, 0.3) is 0 Å². The summed E-state index contributed by atoms with van der Waals surface area (Å²) in [7, 11) is -3.47. The molecule has 28 heavy (non-hydrogen) atoms. The predicted octanol–water partition coefficient (Wildman–Crippen LogP) is 1.52. The number of nitrogens with zero attached hydrogens (tertiary/aromatic N) is 3. The van der Waals surface area contributed by atoms with Crippen molar-refractivity contribution in [3.63, 3.8) is 0 Å². The van der Waals surface area contributed by atoms with Gasteiger partial charge in [-0.15, -0.1) is 0 Å². The summed E-state index contributed by atoms with van der Waals surface area (Å²) in [6.45, 7) is 10.3. The third-order valence-electron chi connectivity index (χ3n) is 6.39. The Labute approximate surface area is 171 Å². The van der Waals surface area contributed by atoms with E-state index in [0.29, 0.717) is 44.6 Å². The van der Waals surface area contributed by atoms with Gasteiger partial charge in [-0.25, -0.2) is 0 Å². The van der Waals surface area contributed by atoms with Gasteiger partial charge in [-0.1, -0.05) is 13.8 Å². The van der Waals surface area contributed by atoms with Gasteiger partial charge in [0, 0.05) is 32.7 Å². The highest BCUT2D eigenvalue weighted by Crippen LogP contribution is 2.27. The van der Waals surface area contributed by atoms with Crippen molar-refractivity contribution in [3.8, 4) is 0 Å². The number of amides is 1. The molecule has 0 aliphatic carbocycles. The van der Waals surface area contributed by atoms with E-state index in [4.69, 9.17) is 0 Å². The van der Waals surface area contributed by atoms with Crippen LogP contribution < -0.4 is 5.32 Å². The molecule has 0 spiro atoms. The largest absolute Gasteiger partial charge is 0.356 e. The van der Waals surface area contributed by atoms with Crippen LogP contribution in [-0.4, -0.2) is 80.2 Å². The van der Waals surface area contributed by atoms with Gasteiger partial charge in [-0.05, 0) is 70.0 Å². The molecule has 1 N–H and O–H groups in total. The molecule has 0 unspecified atom stereocenters. The fraction of sp³-hybridized carbons (Fsp3) is 0.950. The first-order chi connectivity index (χ1) is 13.4. The van der Waals surface area contributed by atoms with Crippen LogP contribution in [0.3, 0.4) is 0 Å². The second-order valence-corrected chi connectivity index (χ2v) is 11.1. The van der Waals surface area contributed by atoms with Crippen LogP contribution in [0.1, 0.15) is 52.4 Å². The Hall–Kier alpha value is -0.700. The second kappa shape index (κ2) is 9.87. The first-order valence-electron chi connectivity index (χ1n) is 11.1. The molecule has 0 bridgehead atoms. The SMILES string of the molecule is C[C@H]1C[C@H](C)CN(S(=O)(=O)N2CCC[C@H](C(=O)NCCCN3CCCC3)C2)C1. The molecule has 0 aromatic heterocycles. The van der Waals surface area contributed by atoms with E-state index in [2.05, 4.69) is 24.1 Å². The van der Waals surface area contributed by atoms with E-state index in [1.165, 1.54) is 25.9 Å². The molecule has 3 aliphatic heterocycles. The van der Waals surface area contributed by atoms with Gasteiger partial charge in [0.1, 0.15) is 0 Å². The summed E-state index contributed by atoms with van der Waals surface area (Å²) in [5.41, 5.74) is 0. The third kappa shape index (κ3) is 5.68. The van der Waals surface area contributed by atoms with Crippen molar-refractivity contribution in [2.75, 3.05) is 52.4 Å². The number of nitrogens with one attached hydrogen (secondary N) is 1. The van der Waals surface area contributed by atoms with Crippen LogP contribution in [0.15, 0.2) is 0 Å². The Kier molecular flexibility index (Phi) is 7.75. The average Bonchev–Trinajstić information content (AvgIpc) is 3.18. The van der Waals surface area contributed by atoms with Crippen LogP contribution in [0.2, 0.25) is 0 Å². The topological polar surface area (TPSA) is 73.0 Å². The molecule has 162 valence electrons. The minimum atomic E-state index is -3.47. The van der Waals surface area contributed by atoms with Gasteiger partial charge in [0.05, 0.1) is 5.92 Å². The summed E-state index contributed by atoms with van der Waals surface area (Å²) in [6, 6.07) is 0. The zero-order valence-corrected chi connectivity index (χ0v) is 18.4. The molecule has 7 nitrogen and oxygen atoms in total. The van der Waals surface area contributed by atoms with Gasteiger partial charge in [-0.2, -0.15) is 17.0 Å². The Morgan fingerprint density at radius 2 is 1.64 bits per heavy atom. The normalized spacial score (nSPS) is 31.1. The maximum Gasteiger partial charge on any atom is 0.282 e. The summed E-state index contributed by atoms with van der Waals surface area (Å²) in [5, 5.41) is 3.04. The summed E-state index contributed by atoms with van der Waals surface area (Å²) >= 11 is 0. The van der Waals surface area contributed by atoms with E-state index in [1.807, 2.05) is 0 Å². The zero-order valence-electron chi connectivity index (χ0n) is 17.6. The second-order valence-electron chi connectivity index (χ2n) is 9.16. The lowest BCUT2D eigenvalue weighted by molar-refractivity contribution is -0.126. The molecule has 0 radical (unpaired) electrons. The van der Waals surface area contributed by atoms with Gasteiger partial charge in [-0.3, -0.25) is 4.79 Å². The molecule has 0 aromatic carbocycles. The van der Waals surface area contributed by atoms with E-state index >= 15 is 0 Å². The van der Waals surface area contributed by atoms with Gasteiger partial charge >= 0.3 is 0 Å². The van der Waals surface area contributed by atoms with Crippen molar-refractivity contribution in [1.82, 2.24) is 18.8 Å². The Morgan fingerprint density at radius 1 is 0.964 bits per heavy atom. The molecular formula is C20H38N4O3S. The van der Waals surface area contributed by atoms with Crippen molar-refractivity contribution in [3.05, 3.63) is 0 Å². The van der Waals surface area contributed by atoms with Gasteiger partial charge < -0.3 is 10.2 Å².